The highest BCUT2D eigenvalue weighted by molar-refractivity contribution is 5.92. The monoisotopic (exact) mass is 773 g/mol. The third kappa shape index (κ3) is 5.59. The fourth-order valence-corrected chi connectivity index (χ4v) is 11.7. The van der Waals surface area contributed by atoms with Gasteiger partial charge in [-0.1, -0.05) is 172 Å². The molecule has 7 aromatic carbocycles. The minimum Gasteiger partial charge on any atom is -0.208 e. The molecule has 0 aliphatic heterocycles. The first-order chi connectivity index (χ1) is 29.7. The van der Waals surface area contributed by atoms with Crippen LogP contribution in [0.1, 0.15) is 86.5 Å². The lowest BCUT2D eigenvalue weighted by atomic mass is 9.66. The Morgan fingerprint density at radius 2 is 0.667 bits per heavy atom. The summed E-state index contributed by atoms with van der Waals surface area (Å²) in [5.74, 6) is 2.01. The molecule has 0 amide bonds. The molecule has 1 heterocycles. The van der Waals surface area contributed by atoms with Crippen molar-refractivity contribution in [2.24, 2.45) is 0 Å². The fourth-order valence-electron chi connectivity index (χ4n) is 11.7. The molecule has 60 heavy (non-hydrogen) atoms. The van der Waals surface area contributed by atoms with Crippen LogP contribution in [0.2, 0.25) is 0 Å². The fraction of sp³-hybridized carbons (Fsp3) is 0.211. The second kappa shape index (κ2) is 14.1. The molecule has 0 unspecified atom stereocenters. The van der Waals surface area contributed by atoms with Gasteiger partial charge in [-0.15, -0.1) is 0 Å². The average Bonchev–Trinajstić information content (AvgIpc) is 3.73. The van der Waals surface area contributed by atoms with Crippen molar-refractivity contribution in [3.8, 4) is 78.7 Å². The standard InChI is InChI=1S/C57H47N3/c1-5-17-38(18-6-1)53-58-54(39-19-7-2-8-20-39)60-55(59-53)44-24-16-23-42(34-44)40-21-15-22-41(33-40)43-27-28-50-46(35-43)48-37-51-47(36-52(48)57(50)31-13-4-14-32-57)45-25-9-10-26-49(45)56(51)29-11-3-12-30-56/h1-2,5-10,15-28,33-37H,3-4,11-14,29-32H2. The lowest BCUT2D eigenvalue weighted by Crippen LogP contribution is -2.29. The molecule has 4 aliphatic carbocycles. The third-order valence-electron chi connectivity index (χ3n) is 14.5. The van der Waals surface area contributed by atoms with Crippen LogP contribution >= 0.6 is 0 Å². The summed E-state index contributed by atoms with van der Waals surface area (Å²) < 4.78 is 0. The van der Waals surface area contributed by atoms with Crippen molar-refractivity contribution < 1.29 is 0 Å². The van der Waals surface area contributed by atoms with Crippen molar-refractivity contribution >= 4 is 0 Å². The second-order valence-corrected chi connectivity index (χ2v) is 17.7. The average molecular weight is 774 g/mol. The molecular formula is C57H47N3. The Bertz CT molecular complexity index is 2880. The van der Waals surface area contributed by atoms with Crippen LogP contribution in [0.3, 0.4) is 0 Å². The first-order valence-electron chi connectivity index (χ1n) is 22.2. The van der Waals surface area contributed by atoms with E-state index in [-0.39, 0.29) is 10.8 Å². The predicted molar refractivity (Wildman–Crippen MR) is 246 cm³/mol. The molecule has 0 N–H and O–H groups in total. The van der Waals surface area contributed by atoms with E-state index in [1.807, 2.05) is 36.4 Å². The van der Waals surface area contributed by atoms with Crippen LogP contribution < -0.4 is 0 Å². The van der Waals surface area contributed by atoms with Crippen molar-refractivity contribution in [2.45, 2.75) is 75.0 Å². The van der Waals surface area contributed by atoms with Gasteiger partial charge in [0.05, 0.1) is 0 Å². The number of rotatable bonds is 5. The molecule has 290 valence electrons. The van der Waals surface area contributed by atoms with Crippen molar-refractivity contribution in [2.75, 3.05) is 0 Å². The Labute approximate surface area is 353 Å². The lowest BCUT2D eigenvalue weighted by Gasteiger charge is -2.37. The SMILES string of the molecule is c1ccc(-c2nc(-c3ccccc3)nc(-c3cccc(-c4cccc(-c5ccc6c(c5)-c5cc7c(cc5C65CCCCC5)-c5ccccc5C75CCCCC5)c4)c3)n2)cc1. The smallest absolute Gasteiger partial charge is 0.164 e. The van der Waals surface area contributed by atoms with Gasteiger partial charge in [-0.25, -0.2) is 15.0 Å². The molecule has 2 spiro atoms. The Hall–Kier alpha value is -6.45. The first kappa shape index (κ1) is 35.5. The molecule has 0 radical (unpaired) electrons. The van der Waals surface area contributed by atoms with Gasteiger partial charge in [-0.2, -0.15) is 0 Å². The van der Waals surface area contributed by atoms with Gasteiger partial charge in [0.25, 0.3) is 0 Å². The Balaban J connectivity index is 0.946. The number of hydrogen-bond donors (Lipinski definition) is 0. The van der Waals surface area contributed by atoms with E-state index < -0.39 is 0 Å². The topological polar surface area (TPSA) is 38.7 Å². The zero-order valence-electron chi connectivity index (χ0n) is 34.0. The molecular weight excluding hydrogens is 727 g/mol. The number of hydrogen-bond acceptors (Lipinski definition) is 3. The van der Waals surface area contributed by atoms with E-state index in [4.69, 9.17) is 15.0 Å². The Morgan fingerprint density at radius 1 is 0.267 bits per heavy atom. The molecule has 3 nitrogen and oxygen atoms in total. The summed E-state index contributed by atoms with van der Waals surface area (Å²) in [4.78, 5) is 15.0. The van der Waals surface area contributed by atoms with Gasteiger partial charge < -0.3 is 0 Å². The summed E-state index contributed by atoms with van der Waals surface area (Å²) >= 11 is 0. The van der Waals surface area contributed by atoms with Crippen LogP contribution in [0, 0.1) is 0 Å². The van der Waals surface area contributed by atoms with E-state index in [0.717, 1.165) is 22.3 Å². The summed E-state index contributed by atoms with van der Waals surface area (Å²) in [6.07, 6.45) is 12.9. The van der Waals surface area contributed by atoms with Gasteiger partial charge in [0, 0.05) is 27.5 Å². The van der Waals surface area contributed by atoms with E-state index in [2.05, 4.69) is 127 Å². The number of benzene rings is 7. The van der Waals surface area contributed by atoms with Crippen molar-refractivity contribution in [3.63, 3.8) is 0 Å². The van der Waals surface area contributed by atoms with Gasteiger partial charge in [0.1, 0.15) is 0 Å². The zero-order chi connectivity index (χ0) is 39.7. The number of fused-ring (bicyclic) bond motifs is 10. The molecule has 1 aromatic heterocycles. The minimum atomic E-state index is 0.103. The predicted octanol–water partition coefficient (Wildman–Crippen LogP) is 14.7. The van der Waals surface area contributed by atoms with Crippen LogP contribution in [-0.4, -0.2) is 15.0 Å². The van der Waals surface area contributed by atoms with Crippen molar-refractivity contribution in [1.29, 1.82) is 0 Å². The highest BCUT2D eigenvalue weighted by Gasteiger charge is 2.48. The van der Waals surface area contributed by atoms with Crippen LogP contribution in [-0.2, 0) is 10.8 Å². The van der Waals surface area contributed by atoms with E-state index in [1.165, 1.54) is 103 Å². The normalized spacial score (nSPS) is 16.6. The molecule has 0 atom stereocenters. The molecule has 2 saturated carbocycles. The van der Waals surface area contributed by atoms with Crippen LogP contribution in [0.4, 0.5) is 0 Å². The van der Waals surface area contributed by atoms with Gasteiger partial charge in [-0.05, 0) is 123 Å². The minimum absolute atomic E-state index is 0.103. The molecule has 2 fully saturated rings. The quantitative estimate of drug-likeness (QED) is 0.175. The van der Waals surface area contributed by atoms with Crippen molar-refractivity contribution in [3.05, 3.63) is 186 Å². The summed E-state index contributed by atoms with van der Waals surface area (Å²) in [6, 6.07) is 60.3. The van der Waals surface area contributed by atoms with E-state index in [0.29, 0.717) is 17.5 Å². The molecule has 3 heteroatoms. The van der Waals surface area contributed by atoms with E-state index >= 15 is 0 Å². The number of aromatic nitrogens is 3. The lowest BCUT2D eigenvalue weighted by molar-refractivity contribution is 0.350. The van der Waals surface area contributed by atoms with Gasteiger partial charge in [0.2, 0.25) is 0 Å². The largest absolute Gasteiger partial charge is 0.208 e. The molecule has 8 aromatic rings. The Kier molecular flexibility index (Phi) is 8.34. The molecule has 12 rings (SSSR count). The molecule has 0 saturated heterocycles. The van der Waals surface area contributed by atoms with Gasteiger partial charge in [-0.3, -0.25) is 0 Å². The second-order valence-electron chi connectivity index (χ2n) is 17.7. The summed E-state index contributed by atoms with van der Waals surface area (Å²) in [6.45, 7) is 0. The van der Waals surface area contributed by atoms with Crippen molar-refractivity contribution in [1.82, 2.24) is 15.0 Å². The molecule has 4 aliphatic rings. The highest BCUT2D eigenvalue weighted by atomic mass is 15.0. The maximum Gasteiger partial charge on any atom is 0.164 e. The van der Waals surface area contributed by atoms with E-state index in [1.54, 1.807) is 22.3 Å². The number of nitrogens with zero attached hydrogens (tertiary/aromatic N) is 3. The summed E-state index contributed by atoms with van der Waals surface area (Å²) in [7, 11) is 0. The van der Waals surface area contributed by atoms with Gasteiger partial charge in [0.15, 0.2) is 17.5 Å². The van der Waals surface area contributed by atoms with E-state index in [9.17, 15) is 0 Å². The third-order valence-corrected chi connectivity index (χ3v) is 14.5. The maximum absolute atomic E-state index is 5.03. The summed E-state index contributed by atoms with van der Waals surface area (Å²) in [5, 5.41) is 0. The summed E-state index contributed by atoms with van der Waals surface area (Å²) in [5.41, 5.74) is 20.3. The first-order valence-corrected chi connectivity index (χ1v) is 22.2. The molecule has 0 bridgehead atoms. The highest BCUT2D eigenvalue weighted by Crippen LogP contribution is 2.62. The van der Waals surface area contributed by atoms with Crippen LogP contribution in [0.25, 0.3) is 78.7 Å². The van der Waals surface area contributed by atoms with Crippen LogP contribution in [0.15, 0.2) is 164 Å². The van der Waals surface area contributed by atoms with Gasteiger partial charge >= 0.3 is 0 Å². The zero-order valence-corrected chi connectivity index (χ0v) is 34.0. The van der Waals surface area contributed by atoms with Crippen LogP contribution in [0.5, 0.6) is 0 Å². The maximum atomic E-state index is 5.03. The Morgan fingerprint density at radius 3 is 1.23 bits per heavy atom.